The van der Waals surface area contributed by atoms with E-state index in [1.807, 2.05) is 24.3 Å². The third-order valence-corrected chi connectivity index (χ3v) is 2.81. The molecule has 0 aromatic heterocycles. The molecule has 1 N–H and O–H groups in total. The van der Waals surface area contributed by atoms with E-state index in [0.29, 0.717) is 6.42 Å². The molecule has 1 aromatic rings. The van der Waals surface area contributed by atoms with Gasteiger partial charge in [-0.15, -0.1) is 0 Å². The molecule has 0 heterocycles. The van der Waals surface area contributed by atoms with Gasteiger partial charge in [0, 0.05) is 10.9 Å². The Morgan fingerprint density at radius 2 is 2.06 bits per heavy atom. The average molecular weight is 297 g/mol. The lowest BCUT2D eigenvalue weighted by Crippen LogP contribution is -2.16. The third kappa shape index (κ3) is 6.22. The van der Waals surface area contributed by atoms with Crippen LogP contribution in [0.3, 0.4) is 0 Å². The van der Waals surface area contributed by atoms with Gasteiger partial charge in [-0.3, -0.25) is 4.79 Å². The Morgan fingerprint density at radius 3 is 2.71 bits per heavy atom. The summed E-state index contributed by atoms with van der Waals surface area (Å²) < 4.78 is 1.03. The monoisotopic (exact) mass is 296 g/mol. The number of rotatable bonds is 6. The molecule has 92 valence electrons. The normalized spacial score (nSPS) is 10.7. The number of hydrogen-bond donors (Lipinski definition) is 1. The number of nitrogens with one attached hydrogen (secondary N) is 1. The fourth-order valence-corrected chi connectivity index (χ4v) is 1.58. The second-order valence-electron chi connectivity index (χ2n) is 3.80. The molecule has 1 amide bonds. The van der Waals surface area contributed by atoms with E-state index in [9.17, 15) is 4.79 Å². The predicted molar refractivity (Wildman–Crippen MR) is 74.0 cm³/mol. The number of hydrazone groups is 1. The molecule has 17 heavy (non-hydrogen) atoms. The maximum atomic E-state index is 11.3. The van der Waals surface area contributed by atoms with Gasteiger partial charge in [0.15, 0.2) is 0 Å². The minimum absolute atomic E-state index is 0.0215. The number of nitrogens with zero attached hydrogens (tertiary/aromatic N) is 1. The van der Waals surface area contributed by atoms with Gasteiger partial charge in [0.25, 0.3) is 0 Å². The van der Waals surface area contributed by atoms with Crippen LogP contribution in [0.5, 0.6) is 0 Å². The molecule has 0 bridgehead atoms. The summed E-state index contributed by atoms with van der Waals surface area (Å²) in [6.07, 6.45) is 5.32. The van der Waals surface area contributed by atoms with E-state index in [1.165, 1.54) is 0 Å². The zero-order valence-electron chi connectivity index (χ0n) is 9.95. The van der Waals surface area contributed by atoms with E-state index >= 15 is 0 Å². The number of benzene rings is 1. The third-order valence-electron chi connectivity index (χ3n) is 2.28. The lowest BCUT2D eigenvalue weighted by molar-refractivity contribution is -0.121. The summed E-state index contributed by atoms with van der Waals surface area (Å²) in [5, 5.41) is 3.91. The van der Waals surface area contributed by atoms with Gasteiger partial charge in [0.05, 0.1) is 6.21 Å². The predicted octanol–water partition coefficient (Wildman–Crippen LogP) is 3.48. The maximum Gasteiger partial charge on any atom is 0.240 e. The highest BCUT2D eigenvalue weighted by Crippen LogP contribution is 2.08. The van der Waals surface area contributed by atoms with Gasteiger partial charge in [-0.05, 0) is 24.1 Å². The summed E-state index contributed by atoms with van der Waals surface area (Å²) in [7, 11) is 0. The molecule has 0 saturated heterocycles. The van der Waals surface area contributed by atoms with E-state index in [-0.39, 0.29) is 5.91 Å². The van der Waals surface area contributed by atoms with Crippen LogP contribution < -0.4 is 5.43 Å². The van der Waals surface area contributed by atoms with Crippen LogP contribution in [-0.4, -0.2) is 12.1 Å². The van der Waals surface area contributed by atoms with Crippen LogP contribution in [0.2, 0.25) is 0 Å². The SMILES string of the molecule is CCCCCC(=O)N/N=C\c1ccc(Br)cc1. The van der Waals surface area contributed by atoms with Crippen LogP contribution in [0.15, 0.2) is 33.8 Å². The van der Waals surface area contributed by atoms with Gasteiger partial charge < -0.3 is 0 Å². The first-order chi connectivity index (χ1) is 8.22. The second kappa shape index (κ2) is 8.01. The van der Waals surface area contributed by atoms with Gasteiger partial charge >= 0.3 is 0 Å². The molecule has 0 aliphatic carbocycles. The van der Waals surface area contributed by atoms with Crippen molar-refractivity contribution in [2.24, 2.45) is 5.10 Å². The van der Waals surface area contributed by atoms with Crippen LogP contribution >= 0.6 is 15.9 Å². The van der Waals surface area contributed by atoms with Gasteiger partial charge in [0.1, 0.15) is 0 Å². The minimum Gasteiger partial charge on any atom is -0.273 e. The molecule has 1 aromatic carbocycles. The van der Waals surface area contributed by atoms with Crippen LogP contribution in [0.1, 0.15) is 38.2 Å². The number of carbonyl (C=O) groups excluding carboxylic acids is 1. The molecule has 1 rings (SSSR count). The highest BCUT2D eigenvalue weighted by atomic mass is 79.9. The molecule has 0 atom stereocenters. The van der Waals surface area contributed by atoms with Crippen molar-refractivity contribution < 1.29 is 4.79 Å². The largest absolute Gasteiger partial charge is 0.273 e. The molecule has 0 saturated carbocycles. The van der Waals surface area contributed by atoms with Gasteiger partial charge in [-0.25, -0.2) is 5.43 Å². The topological polar surface area (TPSA) is 41.5 Å². The summed E-state index contributed by atoms with van der Waals surface area (Å²) in [5.41, 5.74) is 3.48. The first-order valence-corrected chi connectivity index (χ1v) is 6.59. The fraction of sp³-hybridized carbons (Fsp3) is 0.385. The summed E-state index contributed by atoms with van der Waals surface area (Å²) in [6, 6.07) is 7.72. The van der Waals surface area contributed by atoms with Crippen molar-refractivity contribution in [1.82, 2.24) is 5.43 Å². The smallest absolute Gasteiger partial charge is 0.240 e. The average Bonchev–Trinajstić information content (AvgIpc) is 2.32. The molecule has 4 heteroatoms. The van der Waals surface area contributed by atoms with Gasteiger partial charge in [0.2, 0.25) is 5.91 Å². The summed E-state index contributed by atoms with van der Waals surface area (Å²) in [4.78, 5) is 11.3. The molecule has 0 aliphatic heterocycles. The Labute approximate surface area is 110 Å². The van der Waals surface area contributed by atoms with E-state index in [0.717, 1.165) is 29.3 Å². The number of amides is 1. The van der Waals surface area contributed by atoms with E-state index in [2.05, 4.69) is 33.4 Å². The molecular formula is C13H17BrN2O. The maximum absolute atomic E-state index is 11.3. The first kappa shape index (κ1) is 13.9. The highest BCUT2D eigenvalue weighted by molar-refractivity contribution is 9.10. The standard InChI is InChI=1S/C13H17BrN2O/c1-2-3-4-5-13(17)16-15-10-11-6-8-12(14)9-7-11/h6-10H,2-5H2,1H3,(H,16,17)/b15-10-. The van der Waals surface area contributed by atoms with Gasteiger partial charge in [-0.2, -0.15) is 5.10 Å². The highest BCUT2D eigenvalue weighted by Gasteiger charge is 1.97. The lowest BCUT2D eigenvalue weighted by atomic mass is 10.2. The number of unbranched alkanes of at least 4 members (excludes halogenated alkanes) is 2. The Bertz CT molecular complexity index is 374. The Balaban J connectivity index is 2.29. The van der Waals surface area contributed by atoms with Crippen LogP contribution in [0, 0.1) is 0 Å². The molecular weight excluding hydrogens is 280 g/mol. The lowest BCUT2D eigenvalue weighted by Gasteiger charge is -1.98. The second-order valence-corrected chi connectivity index (χ2v) is 4.72. The van der Waals surface area contributed by atoms with E-state index in [4.69, 9.17) is 0 Å². The zero-order valence-corrected chi connectivity index (χ0v) is 11.5. The first-order valence-electron chi connectivity index (χ1n) is 5.80. The summed E-state index contributed by atoms with van der Waals surface area (Å²) >= 11 is 3.36. The van der Waals surface area contributed by atoms with Crippen LogP contribution in [0.4, 0.5) is 0 Å². The van der Waals surface area contributed by atoms with Crippen molar-refractivity contribution in [3.8, 4) is 0 Å². The van der Waals surface area contributed by atoms with Crippen LogP contribution in [0.25, 0.3) is 0 Å². The Kier molecular flexibility index (Phi) is 6.55. The minimum atomic E-state index is -0.0215. The molecule has 3 nitrogen and oxygen atoms in total. The van der Waals surface area contributed by atoms with Crippen LogP contribution in [-0.2, 0) is 4.79 Å². The van der Waals surface area contributed by atoms with Crippen molar-refractivity contribution in [3.05, 3.63) is 34.3 Å². The Morgan fingerprint density at radius 1 is 1.35 bits per heavy atom. The van der Waals surface area contributed by atoms with E-state index in [1.54, 1.807) is 6.21 Å². The zero-order chi connectivity index (χ0) is 12.5. The molecule has 0 aliphatic rings. The van der Waals surface area contributed by atoms with Crippen molar-refractivity contribution >= 4 is 28.1 Å². The molecule has 0 unspecified atom stereocenters. The van der Waals surface area contributed by atoms with Crippen molar-refractivity contribution in [2.75, 3.05) is 0 Å². The molecule has 0 fully saturated rings. The summed E-state index contributed by atoms with van der Waals surface area (Å²) in [6.45, 7) is 2.11. The molecule has 0 radical (unpaired) electrons. The van der Waals surface area contributed by atoms with Crippen molar-refractivity contribution in [3.63, 3.8) is 0 Å². The number of halogens is 1. The fourth-order valence-electron chi connectivity index (χ4n) is 1.32. The van der Waals surface area contributed by atoms with Crippen molar-refractivity contribution in [1.29, 1.82) is 0 Å². The summed E-state index contributed by atoms with van der Waals surface area (Å²) in [5.74, 6) is -0.0215. The van der Waals surface area contributed by atoms with E-state index < -0.39 is 0 Å². The van der Waals surface area contributed by atoms with Crippen molar-refractivity contribution in [2.45, 2.75) is 32.6 Å². The number of hydrogen-bond acceptors (Lipinski definition) is 2. The quantitative estimate of drug-likeness (QED) is 0.487. The number of carbonyl (C=O) groups is 1. The Hall–Kier alpha value is -1.16. The van der Waals surface area contributed by atoms with Gasteiger partial charge in [-0.1, -0.05) is 47.8 Å². The molecule has 0 spiro atoms.